The maximum atomic E-state index is 11.5. The number of nitrogens with two attached hydrogens (primary N) is 1. The van der Waals surface area contributed by atoms with Gasteiger partial charge in [0.15, 0.2) is 0 Å². The highest BCUT2D eigenvalue weighted by Gasteiger charge is 2.10. The molecule has 86 valence electrons. The first kappa shape index (κ1) is 10.9. The molecular weight excluding hydrogens is 220 g/mol. The summed E-state index contributed by atoms with van der Waals surface area (Å²) >= 11 is 0. The maximum Gasteiger partial charge on any atom is 0.379 e. The minimum absolute atomic E-state index is 0.164. The molecule has 0 bridgehead atoms. The monoisotopic (exact) mass is 230 g/mol. The zero-order chi connectivity index (χ0) is 12.1. The normalized spacial score (nSPS) is 10.6. The molecule has 5 nitrogen and oxygen atoms in total. The predicted molar refractivity (Wildman–Crippen MR) is 61.9 cm³/mol. The molecule has 0 saturated carbocycles. The van der Waals surface area contributed by atoms with Gasteiger partial charge in [-0.1, -0.05) is 0 Å². The van der Waals surface area contributed by atoms with Gasteiger partial charge in [0, 0.05) is 0 Å². The molecule has 0 fully saturated rings. The van der Waals surface area contributed by atoms with E-state index in [1.54, 1.807) is 30.3 Å². The topological polar surface area (TPSA) is 77.8 Å². The van der Waals surface area contributed by atoms with Crippen LogP contribution < -0.4 is 10.6 Å². The van der Waals surface area contributed by atoms with E-state index in [9.17, 15) is 4.79 Å². The standard InChI is InChI=1S/C12H10N2O3/c13-14-8-9-3-5-10(6-4-9)17-12(15)11-2-1-7-16-11/h1-8H,13H2. The fourth-order valence-electron chi connectivity index (χ4n) is 1.26. The van der Waals surface area contributed by atoms with E-state index in [-0.39, 0.29) is 5.76 Å². The largest absolute Gasteiger partial charge is 0.457 e. The molecule has 0 saturated heterocycles. The summed E-state index contributed by atoms with van der Waals surface area (Å²) in [5.74, 6) is 5.08. The van der Waals surface area contributed by atoms with Crippen molar-refractivity contribution in [1.29, 1.82) is 0 Å². The van der Waals surface area contributed by atoms with Gasteiger partial charge in [-0.3, -0.25) is 0 Å². The minimum Gasteiger partial charge on any atom is -0.457 e. The number of nitrogens with zero attached hydrogens (tertiary/aromatic N) is 1. The summed E-state index contributed by atoms with van der Waals surface area (Å²) in [5, 5.41) is 3.39. The molecule has 0 aliphatic heterocycles. The number of carbonyl (C=O) groups excluding carboxylic acids is 1. The molecule has 2 rings (SSSR count). The number of hydrogen-bond acceptors (Lipinski definition) is 5. The number of esters is 1. The summed E-state index contributed by atoms with van der Waals surface area (Å²) in [5.41, 5.74) is 0.824. The Morgan fingerprint density at radius 3 is 2.65 bits per heavy atom. The van der Waals surface area contributed by atoms with E-state index in [2.05, 4.69) is 5.10 Å². The Balaban J connectivity index is 2.06. The van der Waals surface area contributed by atoms with E-state index in [1.807, 2.05) is 0 Å². The molecule has 17 heavy (non-hydrogen) atoms. The summed E-state index contributed by atoms with van der Waals surface area (Å²) < 4.78 is 10.0. The summed E-state index contributed by atoms with van der Waals surface area (Å²) in [4.78, 5) is 11.5. The van der Waals surface area contributed by atoms with Gasteiger partial charge in [-0.25, -0.2) is 4.79 Å². The van der Waals surface area contributed by atoms with E-state index in [4.69, 9.17) is 15.0 Å². The van der Waals surface area contributed by atoms with Crippen LogP contribution in [0.4, 0.5) is 0 Å². The first-order valence-corrected chi connectivity index (χ1v) is 4.88. The average Bonchev–Trinajstić information content (AvgIpc) is 2.86. The second-order valence-electron chi connectivity index (χ2n) is 3.21. The number of hydrazone groups is 1. The molecule has 1 heterocycles. The zero-order valence-electron chi connectivity index (χ0n) is 8.87. The Morgan fingerprint density at radius 1 is 1.29 bits per heavy atom. The number of ether oxygens (including phenoxy) is 1. The van der Waals surface area contributed by atoms with Crippen LogP contribution in [0.15, 0.2) is 52.2 Å². The lowest BCUT2D eigenvalue weighted by atomic mass is 10.2. The lowest BCUT2D eigenvalue weighted by Gasteiger charge is -2.01. The average molecular weight is 230 g/mol. The summed E-state index contributed by atoms with van der Waals surface area (Å²) in [6.07, 6.45) is 2.91. The van der Waals surface area contributed by atoms with E-state index < -0.39 is 5.97 Å². The minimum atomic E-state index is -0.532. The lowest BCUT2D eigenvalue weighted by Crippen LogP contribution is -2.06. The van der Waals surface area contributed by atoms with Crippen molar-refractivity contribution < 1.29 is 13.9 Å². The Bertz CT molecular complexity index is 515. The van der Waals surface area contributed by atoms with Crippen molar-refractivity contribution >= 4 is 12.2 Å². The smallest absolute Gasteiger partial charge is 0.379 e. The van der Waals surface area contributed by atoms with Gasteiger partial charge in [0.05, 0.1) is 12.5 Å². The Hall–Kier alpha value is -2.56. The van der Waals surface area contributed by atoms with Crippen molar-refractivity contribution in [1.82, 2.24) is 0 Å². The molecule has 0 radical (unpaired) electrons. The van der Waals surface area contributed by atoms with Gasteiger partial charge in [0.2, 0.25) is 5.76 Å². The molecule has 1 aromatic heterocycles. The lowest BCUT2D eigenvalue weighted by molar-refractivity contribution is 0.0701. The third kappa shape index (κ3) is 2.72. The van der Waals surface area contributed by atoms with Crippen LogP contribution in [0.5, 0.6) is 5.75 Å². The number of hydrogen-bond donors (Lipinski definition) is 1. The number of rotatable bonds is 3. The van der Waals surface area contributed by atoms with Gasteiger partial charge >= 0.3 is 5.97 Å². The summed E-state index contributed by atoms with van der Waals surface area (Å²) in [6.45, 7) is 0. The number of furan rings is 1. The van der Waals surface area contributed by atoms with Crippen LogP contribution in [0, 0.1) is 0 Å². The third-order valence-corrected chi connectivity index (χ3v) is 2.04. The van der Waals surface area contributed by atoms with Crippen molar-refractivity contribution in [3.8, 4) is 5.75 Å². The van der Waals surface area contributed by atoms with Gasteiger partial charge in [0.25, 0.3) is 0 Å². The van der Waals surface area contributed by atoms with Gasteiger partial charge in [-0.15, -0.1) is 0 Å². The second-order valence-corrected chi connectivity index (χ2v) is 3.21. The van der Waals surface area contributed by atoms with Crippen molar-refractivity contribution in [2.24, 2.45) is 10.9 Å². The van der Waals surface area contributed by atoms with Crippen molar-refractivity contribution in [3.63, 3.8) is 0 Å². The highest BCUT2D eigenvalue weighted by molar-refractivity contribution is 5.88. The maximum absolute atomic E-state index is 11.5. The molecule has 0 unspecified atom stereocenters. The molecule has 0 aliphatic carbocycles. The van der Waals surface area contributed by atoms with Gasteiger partial charge < -0.3 is 15.0 Å². The van der Waals surface area contributed by atoms with Crippen LogP contribution in [-0.4, -0.2) is 12.2 Å². The number of benzene rings is 1. The second kappa shape index (κ2) is 4.98. The van der Waals surface area contributed by atoms with Crippen LogP contribution in [-0.2, 0) is 0 Å². The quantitative estimate of drug-likeness (QED) is 0.286. The molecule has 2 N–H and O–H groups in total. The van der Waals surface area contributed by atoms with E-state index >= 15 is 0 Å². The molecular formula is C12H10N2O3. The van der Waals surface area contributed by atoms with Gasteiger partial charge in [0.1, 0.15) is 5.75 Å². The van der Waals surface area contributed by atoms with Crippen molar-refractivity contribution in [2.45, 2.75) is 0 Å². The van der Waals surface area contributed by atoms with E-state index in [0.29, 0.717) is 5.75 Å². The fraction of sp³-hybridized carbons (Fsp3) is 0. The Labute approximate surface area is 97.5 Å². The predicted octanol–water partition coefficient (Wildman–Crippen LogP) is 1.79. The SMILES string of the molecule is NN=Cc1ccc(OC(=O)c2ccco2)cc1. The van der Waals surface area contributed by atoms with E-state index in [0.717, 1.165) is 5.56 Å². The summed E-state index contributed by atoms with van der Waals surface area (Å²) in [7, 11) is 0. The van der Waals surface area contributed by atoms with Crippen LogP contribution in [0.1, 0.15) is 16.1 Å². The first-order chi connectivity index (χ1) is 8.29. The van der Waals surface area contributed by atoms with Gasteiger partial charge in [-0.2, -0.15) is 5.10 Å². The van der Waals surface area contributed by atoms with Crippen LogP contribution in [0.2, 0.25) is 0 Å². The molecule has 0 amide bonds. The van der Waals surface area contributed by atoms with Crippen molar-refractivity contribution in [3.05, 3.63) is 54.0 Å². The molecule has 2 aromatic rings. The summed E-state index contributed by atoms with van der Waals surface area (Å²) in [6, 6.07) is 9.94. The molecule has 0 spiro atoms. The Kier molecular flexibility index (Phi) is 3.20. The zero-order valence-corrected chi connectivity index (χ0v) is 8.87. The third-order valence-electron chi connectivity index (χ3n) is 2.04. The van der Waals surface area contributed by atoms with Crippen LogP contribution >= 0.6 is 0 Å². The molecule has 5 heteroatoms. The number of carbonyl (C=O) groups is 1. The first-order valence-electron chi connectivity index (χ1n) is 4.88. The molecule has 0 aliphatic rings. The Morgan fingerprint density at radius 2 is 2.06 bits per heavy atom. The van der Waals surface area contributed by atoms with Crippen LogP contribution in [0.3, 0.4) is 0 Å². The molecule has 1 aromatic carbocycles. The highest BCUT2D eigenvalue weighted by Crippen LogP contribution is 2.13. The molecule has 0 atom stereocenters. The fourth-order valence-corrected chi connectivity index (χ4v) is 1.26. The van der Waals surface area contributed by atoms with Crippen molar-refractivity contribution in [2.75, 3.05) is 0 Å². The van der Waals surface area contributed by atoms with Crippen LogP contribution in [0.25, 0.3) is 0 Å². The highest BCUT2D eigenvalue weighted by atomic mass is 16.5. The van der Waals surface area contributed by atoms with Gasteiger partial charge in [-0.05, 0) is 42.0 Å². The van der Waals surface area contributed by atoms with E-state index in [1.165, 1.54) is 18.5 Å².